The lowest BCUT2D eigenvalue weighted by molar-refractivity contribution is -0.189. The molecule has 2 aromatic carbocycles. The molecule has 0 saturated heterocycles. The number of hydrogen-bond acceptors (Lipinski definition) is 2. The van der Waals surface area contributed by atoms with Crippen LogP contribution >= 0.6 is 0 Å². The molecule has 0 aliphatic heterocycles. The van der Waals surface area contributed by atoms with Crippen LogP contribution in [-0.2, 0) is 11.2 Å². The van der Waals surface area contributed by atoms with Gasteiger partial charge < -0.3 is 4.74 Å². The van der Waals surface area contributed by atoms with Crippen molar-refractivity contribution in [1.82, 2.24) is 0 Å². The Balaban J connectivity index is 2.29. The number of alkyl halides is 3. The van der Waals surface area contributed by atoms with Crippen LogP contribution in [0.4, 0.5) is 22.0 Å². The first-order valence-corrected chi connectivity index (χ1v) is 6.59. The van der Waals surface area contributed by atoms with Gasteiger partial charge in [0.25, 0.3) is 0 Å². The maximum atomic E-state index is 14.0. The monoisotopic (exact) mass is 330 g/mol. The summed E-state index contributed by atoms with van der Waals surface area (Å²) in [5, 5.41) is 0. The fourth-order valence-corrected chi connectivity index (χ4v) is 1.96. The van der Waals surface area contributed by atoms with Crippen molar-refractivity contribution in [1.29, 1.82) is 0 Å². The molecule has 0 aromatic heterocycles. The Bertz CT molecular complexity index is 697. The smallest absolute Gasteiger partial charge is 0.420 e. The minimum Gasteiger partial charge on any atom is -0.420 e. The second kappa shape index (κ2) is 6.36. The van der Waals surface area contributed by atoms with E-state index in [0.29, 0.717) is 12.0 Å². The summed E-state index contributed by atoms with van der Waals surface area (Å²) < 4.78 is 68.3. The third-order valence-corrected chi connectivity index (χ3v) is 3.10. The minimum absolute atomic E-state index is 0.120. The van der Waals surface area contributed by atoms with Crippen LogP contribution in [0.3, 0.4) is 0 Å². The number of ether oxygens (including phenoxy) is 1. The molecular formula is C16H11F5O2. The zero-order valence-electron chi connectivity index (χ0n) is 11.9. The number of aryl methyl sites for hydroxylation is 1. The highest BCUT2D eigenvalue weighted by molar-refractivity contribution is 5.78. The van der Waals surface area contributed by atoms with E-state index in [1.807, 2.05) is 0 Å². The minimum atomic E-state index is -5.12. The van der Waals surface area contributed by atoms with Gasteiger partial charge in [-0.15, -0.1) is 0 Å². The molecule has 2 rings (SSSR count). The average Bonchev–Trinajstić information content (AvgIpc) is 2.47. The molecule has 0 saturated carbocycles. The first kappa shape index (κ1) is 16.9. The molecule has 0 radical (unpaired) electrons. The summed E-state index contributed by atoms with van der Waals surface area (Å²) in [5.41, 5.74) is 0.310. The topological polar surface area (TPSA) is 26.3 Å². The van der Waals surface area contributed by atoms with Crippen molar-refractivity contribution in [2.24, 2.45) is 0 Å². The van der Waals surface area contributed by atoms with E-state index in [1.54, 1.807) is 6.92 Å². The van der Waals surface area contributed by atoms with Crippen LogP contribution in [-0.4, -0.2) is 12.1 Å². The summed E-state index contributed by atoms with van der Waals surface area (Å²) in [5.74, 6) is -4.29. The number of carbonyl (C=O) groups is 1. The van der Waals surface area contributed by atoms with E-state index in [2.05, 4.69) is 4.74 Å². The third-order valence-electron chi connectivity index (χ3n) is 3.10. The molecule has 0 unspecified atom stereocenters. The summed E-state index contributed by atoms with van der Waals surface area (Å²) in [6.45, 7) is 1.75. The summed E-state index contributed by atoms with van der Waals surface area (Å²) in [6, 6.07) is 6.79. The highest BCUT2D eigenvalue weighted by atomic mass is 19.4. The van der Waals surface area contributed by atoms with Gasteiger partial charge in [0.15, 0.2) is 0 Å². The van der Waals surface area contributed by atoms with Gasteiger partial charge in [-0.05, 0) is 41.8 Å². The van der Waals surface area contributed by atoms with Gasteiger partial charge in [0, 0.05) is 0 Å². The Morgan fingerprint density at radius 3 is 2.00 bits per heavy atom. The van der Waals surface area contributed by atoms with Crippen molar-refractivity contribution >= 4 is 5.97 Å². The molecule has 0 aliphatic rings. The number of halogens is 5. The predicted molar refractivity (Wildman–Crippen MR) is 72.9 cm³/mol. The van der Waals surface area contributed by atoms with E-state index in [9.17, 15) is 26.7 Å². The van der Waals surface area contributed by atoms with Gasteiger partial charge in [-0.25, -0.2) is 13.6 Å². The fraction of sp³-hybridized carbons (Fsp3) is 0.188. The Kier molecular flexibility index (Phi) is 4.68. The van der Waals surface area contributed by atoms with Gasteiger partial charge in [-0.3, -0.25) is 0 Å². The molecule has 0 N–H and O–H groups in total. The second-order valence-corrected chi connectivity index (χ2v) is 4.70. The van der Waals surface area contributed by atoms with Crippen LogP contribution in [0.5, 0.6) is 5.75 Å². The Morgan fingerprint density at radius 2 is 1.57 bits per heavy atom. The van der Waals surface area contributed by atoms with Gasteiger partial charge in [0.05, 0.1) is 5.56 Å². The molecule has 0 atom stereocenters. The number of esters is 1. The number of rotatable bonds is 3. The second-order valence-electron chi connectivity index (χ2n) is 4.70. The van der Waals surface area contributed by atoms with Crippen LogP contribution in [0.2, 0.25) is 0 Å². The predicted octanol–water partition coefficient (Wildman–Crippen LogP) is 4.66. The highest BCUT2D eigenvalue weighted by Gasteiger charge is 2.41. The van der Waals surface area contributed by atoms with Crippen molar-refractivity contribution < 1.29 is 31.5 Å². The van der Waals surface area contributed by atoms with E-state index in [4.69, 9.17) is 0 Å². The highest BCUT2D eigenvalue weighted by Crippen LogP contribution is 2.29. The van der Waals surface area contributed by atoms with Crippen molar-refractivity contribution in [3.05, 3.63) is 53.6 Å². The lowest BCUT2D eigenvalue weighted by Crippen LogP contribution is -2.27. The van der Waals surface area contributed by atoms with Gasteiger partial charge in [-0.2, -0.15) is 13.2 Å². The van der Waals surface area contributed by atoms with Crippen LogP contribution in [0.1, 0.15) is 12.5 Å². The Labute approximate surface area is 128 Å². The van der Waals surface area contributed by atoms with Gasteiger partial charge in [-0.1, -0.05) is 19.1 Å². The summed E-state index contributed by atoms with van der Waals surface area (Å²) in [4.78, 5) is 10.7. The number of hydrogen-bond donors (Lipinski definition) is 0. The largest absolute Gasteiger partial charge is 0.491 e. The van der Waals surface area contributed by atoms with E-state index in [-0.39, 0.29) is 16.9 Å². The van der Waals surface area contributed by atoms with Crippen LogP contribution in [0.15, 0.2) is 36.4 Å². The normalized spacial score (nSPS) is 11.4. The van der Waals surface area contributed by atoms with Crippen molar-refractivity contribution in [3.63, 3.8) is 0 Å². The van der Waals surface area contributed by atoms with E-state index in [0.717, 1.165) is 12.1 Å². The van der Waals surface area contributed by atoms with Crippen LogP contribution < -0.4 is 4.74 Å². The standard InChI is InChI=1S/C16H11F5O2/c1-2-9-7-12(17)14(13(18)8-9)10-3-5-11(6-4-10)23-15(22)16(19,20)21/h3-8H,2H2,1H3. The Hall–Kier alpha value is -2.44. The summed E-state index contributed by atoms with van der Waals surface area (Å²) in [7, 11) is 0. The molecule has 0 bridgehead atoms. The maximum absolute atomic E-state index is 14.0. The molecule has 0 fully saturated rings. The molecule has 7 heteroatoms. The van der Waals surface area contributed by atoms with E-state index >= 15 is 0 Å². The van der Waals surface area contributed by atoms with Crippen LogP contribution in [0, 0.1) is 11.6 Å². The van der Waals surface area contributed by atoms with Crippen LogP contribution in [0.25, 0.3) is 11.1 Å². The van der Waals surface area contributed by atoms with Gasteiger partial charge in [0.1, 0.15) is 17.4 Å². The molecule has 0 amide bonds. The van der Waals surface area contributed by atoms with Gasteiger partial charge in [0.2, 0.25) is 0 Å². The van der Waals surface area contributed by atoms with E-state index < -0.39 is 23.8 Å². The van der Waals surface area contributed by atoms with Crippen molar-refractivity contribution in [3.8, 4) is 16.9 Å². The zero-order chi connectivity index (χ0) is 17.2. The SMILES string of the molecule is CCc1cc(F)c(-c2ccc(OC(=O)C(F)(F)F)cc2)c(F)c1. The fourth-order valence-electron chi connectivity index (χ4n) is 1.96. The van der Waals surface area contributed by atoms with Gasteiger partial charge >= 0.3 is 12.1 Å². The summed E-state index contributed by atoms with van der Waals surface area (Å²) >= 11 is 0. The quantitative estimate of drug-likeness (QED) is 0.465. The average molecular weight is 330 g/mol. The van der Waals surface area contributed by atoms with E-state index in [1.165, 1.54) is 24.3 Å². The molecular weight excluding hydrogens is 319 g/mol. The first-order valence-electron chi connectivity index (χ1n) is 6.59. The number of carbonyl (C=O) groups excluding carboxylic acids is 1. The lowest BCUT2D eigenvalue weighted by atomic mass is 10.0. The third kappa shape index (κ3) is 3.85. The maximum Gasteiger partial charge on any atom is 0.491 e. The molecule has 0 aliphatic carbocycles. The lowest BCUT2D eigenvalue weighted by Gasteiger charge is -2.10. The zero-order valence-corrected chi connectivity index (χ0v) is 11.9. The van der Waals surface area contributed by atoms with Crippen molar-refractivity contribution in [2.45, 2.75) is 19.5 Å². The summed E-state index contributed by atoms with van der Waals surface area (Å²) in [6.07, 6.45) is -4.66. The molecule has 2 aromatic rings. The molecule has 0 spiro atoms. The molecule has 23 heavy (non-hydrogen) atoms. The van der Waals surface area contributed by atoms with Crippen molar-refractivity contribution in [2.75, 3.05) is 0 Å². The molecule has 2 nitrogen and oxygen atoms in total. The Morgan fingerprint density at radius 1 is 1.04 bits per heavy atom. The molecule has 0 heterocycles. The first-order chi connectivity index (χ1) is 10.7. The number of benzene rings is 2. The molecule has 122 valence electrons.